The highest BCUT2D eigenvalue weighted by atomic mass is 32.2. The number of hydrogen-bond donors (Lipinski definition) is 0. The Labute approximate surface area is 171 Å². The van der Waals surface area contributed by atoms with Gasteiger partial charge in [-0.3, -0.25) is 4.79 Å². The summed E-state index contributed by atoms with van der Waals surface area (Å²) in [5.74, 6) is 2.29. The average molecular weight is 398 g/mol. The Morgan fingerprint density at radius 2 is 1.86 bits per heavy atom. The van der Waals surface area contributed by atoms with Crippen LogP contribution >= 0.6 is 11.8 Å². The van der Waals surface area contributed by atoms with Crippen LogP contribution < -0.4 is 9.47 Å². The van der Waals surface area contributed by atoms with Crippen molar-refractivity contribution in [2.24, 2.45) is 0 Å². The highest BCUT2D eigenvalue weighted by molar-refractivity contribution is 8.00. The van der Waals surface area contributed by atoms with Crippen molar-refractivity contribution in [1.82, 2.24) is 4.90 Å². The lowest BCUT2D eigenvalue weighted by molar-refractivity contribution is -0.129. The molecule has 0 N–H and O–H groups in total. The molecule has 1 amide bonds. The van der Waals surface area contributed by atoms with Gasteiger partial charge in [-0.2, -0.15) is 0 Å². The molecule has 1 fully saturated rings. The highest BCUT2D eigenvalue weighted by Gasteiger charge is 2.30. The van der Waals surface area contributed by atoms with Gasteiger partial charge in [-0.05, 0) is 67.6 Å². The molecule has 0 unspecified atom stereocenters. The molecular weight excluding hydrogens is 370 g/mol. The number of likely N-dealkylation sites (tertiary alicyclic amines) is 1. The van der Waals surface area contributed by atoms with Crippen molar-refractivity contribution in [3.05, 3.63) is 53.1 Å². The molecule has 148 valence electrons. The predicted octanol–water partition coefficient (Wildman–Crippen LogP) is 4.92. The number of aryl methyl sites for hydroxylation is 2. The third-order valence-corrected chi connectivity index (χ3v) is 6.55. The summed E-state index contributed by atoms with van der Waals surface area (Å²) in [4.78, 5) is 16.1. The van der Waals surface area contributed by atoms with Gasteiger partial charge in [0, 0.05) is 17.9 Å². The first kappa shape index (κ1) is 19.2. The largest absolute Gasteiger partial charge is 0.490 e. The maximum Gasteiger partial charge on any atom is 0.233 e. The molecule has 2 aromatic carbocycles. The Hall–Kier alpha value is -2.14. The molecule has 2 heterocycles. The Morgan fingerprint density at radius 3 is 2.68 bits per heavy atom. The van der Waals surface area contributed by atoms with E-state index in [1.54, 1.807) is 11.8 Å². The van der Waals surface area contributed by atoms with Crippen LogP contribution in [-0.4, -0.2) is 36.3 Å². The van der Waals surface area contributed by atoms with Crippen molar-refractivity contribution in [3.63, 3.8) is 0 Å². The molecule has 5 heteroatoms. The first-order valence-electron chi connectivity index (χ1n) is 10.0. The summed E-state index contributed by atoms with van der Waals surface area (Å²) >= 11 is 1.63. The van der Waals surface area contributed by atoms with E-state index < -0.39 is 0 Å². The van der Waals surface area contributed by atoms with Gasteiger partial charge in [0.15, 0.2) is 11.5 Å². The van der Waals surface area contributed by atoms with Crippen LogP contribution in [-0.2, 0) is 4.79 Å². The molecule has 0 aliphatic carbocycles. The Morgan fingerprint density at radius 1 is 1.04 bits per heavy atom. The standard InChI is InChI=1S/C23H27NO3S/c1-16-6-8-19(13-17(16)2)28-15-23(25)24-10-3-5-20(24)18-7-9-21-22(14-18)27-12-4-11-26-21/h6-9,13-14,20H,3-5,10-12,15H2,1-2H3/t20-/m0/s1. The van der Waals surface area contributed by atoms with Gasteiger partial charge >= 0.3 is 0 Å². The fourth-order valence-corrected chi connectivity index (χ4v) is 4.71. The molecule has 0 radical (unpaired) electrons. The number of nitrogens with zero attached hydrogens (tertiary/aromatic N) is 1. The van der Waals surface area contributed by atoms with E-state index in [1.165, 1.54) is 11.1 Å². The van der Waals surface area contributed by atoms with Crippen LogP contribution in [0.15, 0.2) is 41.3 Å². The zero-order valence-electron chi connectivity index (χ0n) is 16.6. The molecule has 2 aliphatic rings. The lowest BCUT2D eigenvalue weighted by atomic mass is 10.0. The van der Waals surface area contributed by atoms with Crippen LogP contribution in [0, 0.1) is 13.8 Å². The number of rotatable bonds is 4. The summed E-state index contributed by atoms with van der Waals surface area (Å²) in [6.07, 6.45) is 2.94. The van der Waals surface area contributed by atoms with Crippen molar-refractivity contribution in [2.45, 2.75) is 44.0 Å². The van der Waals surface area contributed by atoms with Gasteiger partial charge in [0.2, 0.25) is 5.91 Å². The maximum atomic E-state index is 12.9. The minimum absolute atomic E-state index is 0.130. The Bertz CT molecular complexity index is 867. The number of ether oxygens (including phenoxy) is 2. The van der Waals surface area contributed by atoms with E-state index in [-0.39, 0.29) is 11.9 Å². The summed E-state index contributed by atoms with van der Waals surface area (Å²) in [6.45, 7) is 6.42. The zero-order valence-corrected chi connectivity index (χ0v) is 17.4. The number of amides is 1. The molecule has 28 heavy (non-hydrogen) atoms. The zero-order chi connectivity index (χ0) is 19.5. The SMILES string of the molecule is Cc1ccc(SCC(=O)N2CCC[C@H]2c2ccc3c(c2)OCCCO3)cc1C. The fraction of sp³-hybridized carbons (Fsp3) is 0.435. The summed E-state index contributed by atoms with van der Waals surface area (Å²) in [7, 11) is 0. The molecule has 2 aliphatic heterocycles. The molecule has 4 nitrogen and oxygen atoms in total. The first-order chi connectivity index (χ1) is 13.6. The predicted molar refractivity (Wildman–Crippen MR) is 112 cm³/mol. The van der Waals surface area contributed by atoms with Crippen LogP contribution in [0.1, 0.15) is 42.0 Å². The minimum atomic E-state index is 0.130. The summed E-state index contributed by atoms with van der Waals surface area (Å²) in [5, 5.41) is 0. The number of fused-ring (bicyclic) bond motifs is 1. The number of benzene rings is 2. The number of carbonyl (C=O) groups is 1. The van der Waals surface area contributed by atoms with Crippen LogP contribution in [0.3, 0.4) is 0 Å². The van der Waals surface area contributed by atoms with E-state index in [2.05, 4.69) is 44.2 Å². The molecule has 0 spiro atoms. The monoisotopic (exact) mass is 397 g/mol. The first-order valence-corrected chi connectivity index (χ1v) is 11.0. The second-order valence-corrected chi connectivity index (χ2v) is 8.59. The molecule has 4 rings (SSSR count). The molecule has 0 bridgehead atoms. The number of thioether (sulfide) groups is 1. The second kappa shape index (κ2) is 8.48. The van der Waals surface area contributed by atoms with Crippen molar-refractivity contribution >= 4 is 17.7 Å². The van der Waals surface area contributed by atoms with Crippen LogP contribution in [0.5, 0.6) is 11.5 Å². The molecule has 1 atom stereocenters. The van der Waals surface area contributed by atoms with Gasteiger partial charge in [-0.1, -0.05) is 12.1 Å². The average Bonchev–Trinajstić information content (AvgIpc) is 3.07. The maximum absolute atomic E-state index is 12.9. The van der Waals surface area contributed by atoms with Gasteiger partial charge in [-0.15, -0.1) is 11.8 Å². The lowest BCUT2D eigenvalue weighted by Gasteiger charge is -2.25. The van der Waals surface area contributed by atoms with Crippen LogP contribution in [0.25, 0.3) is 0 Å². The topological polar surface area (TPSA) is 38.8 Å². The molecule has 1 saturated heterocycles. The van der Waals surface area contributed by atoms with Gasteiger partial charge in [0.05, 0.1) is 25.0 Å². The van der Waals surface area contributed by atoms with Crippen molar-refractivity contribution < 1.29 is 14.3 Å². The lowest BCUT2D eigenvalue weighted by Crippen LogP contribution is -2.32. The number of carbonyl (C=O) groups excluding carboxylic acids is 1. The van der Waals surface area contributed by atoms with Crippen molar-refractivity contribution in [2.75, 3.05) is 25.5 Å². The van der Waals surface area contributed by atoms with Crippen molar-refractivity contribution in [3.8, 4) is 11.5 Å². The normalized spacial score (nSPS) is 18.8. The fourth-order valence-electron chi connectivity index (χ4n) is 3.83. The van der Waals surface area contributed by atoms with E-state index in [4.69, 9.17) is 9.47 Å². The van der Waals surface area contributed by atoms with Crippen molar-refractivity contribution in [1.29, 1.82) is 0 Å². The van der Waals surface area contributed by atoms with Crippen LogP contribution in [0.4, 0.5) is 0 Å². The molecule has 2 aromatic rings. The quantitative estimate of drug-likeness (QED) is 0.687. The van der Waals surface area contributed by atoms with E-state index >= 15 is 0 Å². The number of hydrogen-bond acceptors (Lipinski definition) is 4. The van der Waals surface area contributed by atoms with Gasteiger partial charge in [-0.25, -0.2) is 0 Å². The molecule has 0 saturated carbocycles. The Kier molecular flexibility index (Phi) is 5.81. The second-order valence-electron chi connectivity index (χ2n) is 7.54. The minimum Gasteiger partial charge on any atom is -0.490 e. The van der Waals surface area contributed by atoms with E-state index in [0.29, 0.717) is 19.0 Å². The van der Waals surface area contributed by atoms with Gasteiger partial charge in [0.1, 0.15) is 0 Å². The van der Waals surface area contributed by atoms with Gasteiger partial charge < -0.3 is 14.4 Å². The third-order valence-electron chi connectivity index (χ3n) is 5.57. The summed E-state index contributed by atoms with van der Waals surface area (Å²) in [5.41, 5.74) is 3.69. The summed E-state index contributed by atoms with van der Waals surface area (Å²) < 4.78 is 11.6. The molecular formula is C23H27NO3S. The van der Waals surface area contributed by atoms with E-state index in [9.17, 15) is 4.79 Å². The smallest absolute Gasteiger partial charge is 0.233 e. The Balaban J connectivity index is 1.44. The van der Waals surface area contributed by atoms with E-state index in [1.807, 2.05) is 11.0 Å². The van der Waals surface area contributed by atoms with E-state index in [0.717, 1.165) is 47.8 Å². The highest BCUT2D eigenvalue weighted by Crippen LogP contribution is 2.38. The van der Waals surface area contributed by atoms with Gasteiger partial charge in [0.25, 0.3) is 0 Å². The summed E-state index contributed by atoms with van der Waals surface area (Å²) in [6, 6.07) is 12.7. The third kappa shape index (κ3) is 4.14. The van der Waals surface area contributed by atoms with Crippen LogP contribution in [0.2, 0.25) is 0 Å². The molecule has 0 aromatic heterocycles.